The Morgan fingerprint density at radius 1 is 1.19 bits per heavy atom. The number of sulfonamides is 1. The summed E-state index contributed by atoms with van der Waals surface area (Å²) in [5.41, 5.74) is 1.34. The van der Waals surface area contributed by atoms with E-state index in [2.05, 4.69) is 20.0 Å². The van der Waals surface area contributed by atoms with Gasteiger partial charge in [0.05, 0.1) is 11.9 Å². The van der Waals surface area contributed by atoms with E-state index in [1.807, 2.05) is 13.8 Å². The summed E-state index contributed by atoms with van der Waals surface area (Å²) in [6.45, 7) is 4.75. The molecule has 0 fully saturated rings. The zero-order valence-electron chi connectivity index (χ0n) is 11.9. The number of aromatic nitrogens is 2. The van der Waals surface area contributed by atoms with Gasteiger partial charge in [-0.15, -0.1) is 0 Å². The van der Waals surface area contributed by atoms with Gasteiger partial charge >= 0.3 is 0 Å². The second kappa shape index (κ2) is 6.64. The Morgan fingerprint density at radius 3 is 2.57 bits per heavy atom. The number of hydrogen-bond donors (Lipinski definition) is 2. The summed E-state index contributed by atoms with van der Waals surface area (Å²) in [6, 6.07) is 6.90. The molecule has 6 nitrogen and oxygen atoms in total. The third-order valence-electron chi connectivity index (χ3n) is 2.70. The fourth-order valence-corrected chi connectivity index (χ4v) is 2.60. The Bertz CT molecular complexity index is 670. The molecule has 112 valence electrons. The highest BCUT2D eigenvalue weighted by Crippen LogP contribution is 2.13. The minimum Gasteiger partial charge on any atom is -0.310 e. The van der Waals surface area contributed by atoms with Gasteiger partial charge in [-0.25, -0.2) is 4.98 Å². The van der Waals surface area contributed by atoms with Gasteiger partial charge in [-0.3, -0.25) is 9.71 Å². The zero-order valence-corrected chi connectivity index (χ0v) is 12.8. The smallest absolute Gasteiger partial charge is 0.279 e. The van der Waals surface area contributed by atoms with Crippen LogP contribution in [0.15, 0.2) is 47.9 Å². The maximum Gasteiger partial charge on any atom is 0.279 e. The van der Waals surface area contributed by atoms with Crippen LogP contribution in [-0.4, -0.2) is 24.4 Å². The average molecular weight is 306 g/mol. The predicted molar refractivity (Wildman–Crippen MR) is 81.3 cm³/mol. The summed E-state index contributed by atoms with van der Waals surface area (Å²) in [5.74, 6) is 0. The van der Waals surface area contributed by atoms with Gasteiger partial charge < -0.3 is 5.32 Å². The Hall–Kier alpha value is -1.99. The van der Waals surface area contributed by atoms with Gasteiger partial charge in [0.1, 0.15) is 0 Å². The largest absolute Gasteiger partial charge is 0.310 e. The van der Waals surface area contributed by atoms with E-state index in [1.165, 1.54) is 12.3 Å². The molecule has 0 saturated heterocycles. The lowest BCUT2D eigenvalue weighted by molar-refractivity contribution is 0.585. The van der Waals surface area contributed by atoms with Crippen LogP contribution in [0.4, 0.5) is 5.69 Å². The third kappa shape index (κ3) is 4.51. The maximum absolute atomic E-state index is 12.2. The Morgan fingerprint density at radius 2 is 2.00 bits per heavy atom. The summed E-state index contributed by atoms with van der Waals surface area (Å²) < 4.78 is 26.8. The molecule has 0 unspecified atom stereocenters. The van der Waals surface area contributed by atoms with Gasteiger partial charge in [0.15, 0.2) is 5.03 Å². The van der Waals surface area contributed by atoms with Gasteiger partial charge in [-0.2, -0.15) is 8.42 Å². The van der Waals surface area contributed by atoms with E-state index in [-0.39, 0.29) is 5.03 Å². The Kier molecular flexibility index (Phi) is 4.87. The first kappa shape index (κ1) is 15.4. The van der Waals surface area contributed by atoms with E-state index in [0.29, 0.717) is 18.3 Å². The van der Waals surface area contributed by atoms with Crippen molar-refractivity contribution >= 4 is 15.7 Å². The van der Waals surface area contributed by atoms with Gasteiger partial charge in [-0.05, 0) is 23.8 Å². The topological polar surface area (TPSA) is 84.0 Å². The first-order chi connectivity index (χ1) is 9.97. The molecule has 0 radical (unpaired) electrons. The van der Waals surface area contributed by atoms with Crippen molar-refractivity contribution < 1.29 is 8.42 Å². The zero-order chi connectivity index (χ0) is 15.3. The van der Waals surface area contributed by atoms with Gasteiger partial charge in [0, 0.05) is 25.0 Å². The number of rotatable bonds is 6. The second-order valence-electron chi connectivity index (χ2n) is 4.89. The lowest BCUT2D eigenvalue weighted by atomic mass is 10.2. The Balaban J connectivity index is 2.10. The molecule has 2 N–H and O–H groups in total. The molecule has 0 atom stereocenters. The normalized spacial score (nSPS) is 11.6. The van der Waals surface area contributed by atoms with Crippen LogP contribution in [-0.2, 0) is 16.6 Å². The van der Waals surface area contributed by atoms with Crippen LogP contribution < -0.4 is 10.0 Å². The molecule has 7 heteroatoms. The summed E-state index contributed by atoms with van der Waals surface area (Å²) >= 11 is 0. The summed E-state index contributed by atoms with van der Waals surface area (Å²) in [7, 11) is -3.68. The molecule has 0 amide bonds. The van der Waals surface area contributed by atoms with Crippen LogP contribution in [0.1, 0.15) is 19.4 Å². The van der Waals surface area contributed by atoms with Crippen LogP contribution in [0, 0.1) is 0 Å². The van der Waals surface area contributed by atoms with Crippen LogP contribution >= 0.6 is 0 Å². The van der Waals surface area contributed by atoms with Crippen molar-refractivity contribution in [3.8, 4) is 0 Å². The van der Waals surface area contributed by atoms with Crippen molar-refractivity contribution in [3.05, 3.63) is 48.4 Å². The molecule has 0 aliphatic carbocycles. The minimum absolute atomic E-state index is 0.0142. The number of nitrogens with one attached hydrogen (secondary N) is 2. The monoisotopic (exact) mass is 306 g/mol. The first-order valence-electron chi connectivity index (χ1n) is 6.58. The SMILES string of the molecule is CC(C)NCc1ccc(S(=O)(=O)Nc2cccnc2)nc1. The lowest BCUT2D eigenvalue weighted by Gasteiger charge is -2.09. The second-order valence-corrected chi connectivity index (χ2v) is 6.52. The fourth-order valence-electron chi connectivity index (χ4n) is 1.63. The van der Waals surface area contributed by atoms with E-state index >= 15 is 0 Å². The van der Waals surface area contributed by atoms with Gasteiger partial charge in [0.25, 0.3) is 10.0 Å². The van der Waals surface area contributed by atoms with E-state index in [0.717, 1.165) is 5.56 Å². The molecule has 2 aromatic heterocycles. The average Bonchev–Trinajstić information content (AvgIpc) is 2.46. The Labute approximate surface area is 124 Å². The third-order valence-corrected chi connectivity index (χ3v) is 4.00. The molecule has 0 spiro atoms. The van der Waals surface area contributed by atoms with E-state index < -0.39 is 10.0 Å². The lowest BCUT2D eigenvalue weighted by Crippen LogP contribution is -2.22. The maximum atomic E-state index is 12.2. The molecular weight excluding hydrogens is 288 g/mol. The summed E-state index contributed by atoms with van der Waals surface area (Å²) in [4.78, 5) is 7.88. The summed E-state index contributed by atoms with van der Waals surface area (Å²) in [6.07, 6.45) is 4.58. The summed E-state index contributed by atoms with van der Waals surface area (Å²) in [5, 5.41) is 3.23. The van der Waals surface area contributed by atoms with Crippen molar-refractivity contribution in [1.29, 1.82) is 0 Å². The fraction of sp³-hybridized carbons (Fsp3) is 0.286. The predicted octanol–water partition coefficient (Wildman–Crippen LogP) is 1.78. The number of hydrogen-bond acceptors (Lipinski definition) is 5. The molecule has 0 aromatic carbocycles. The van der Waals surface area contributed by atoms with E-state index in [4.69, 9.17) is 0 Å². The van der Waals surface area contributed by atoms with Gasteiger partial charge in [-0.1, -0.05) is 19.9 Å². The molecule has 2 rings (SSSR count). The highest BCUT2D eigenvalue weighted by atomic mass is 32.2. The van der Waals surface area contributed by atoms with E-state index in [9.17, 15) is 8.42 Å². The minimum atomic E-state index is -3.68. The number of nitrogens with zero attached hydrogens (tertiary/aromatic N) is 2. The van der Waals surface area contributed by atoms with Crippen LogP contribution in [0.2, 0.25) is 0 Å². The molecular formula is C14H18N4O2S. The number of pyridine rings is 2. The standard InChI is InChI=1S/C14H18N4O2S/c1-11(2)16-8-12-5-6-14(17-9-12)21(19,20)18-13-4-3-7-15-10-13/h3-7,9-11,16,18H,8H2,1-2H3. The number of anilines is 1. The van der Waals surface area contributed by atoms with Crippen molar-refractivity contribution in [1.82, 2.24) is 15.3 Å². The molecule has 0 aliphatic heterocycles. The molecule has 2 aromatic rings. The van der Waals surface area contributed by atoms with Crippen molar-refractivity contribution in [2.45, 2.75) is 31.5 Å². The molecule has 2 heterocycles. The molecule has 0 saturated carbocycles. The first-order valence-corrected chi connectivity index (χ1v) is 8.07. The van der Waals surface area contributed by atoms with E-state index in [1.54, 1.807) is 30.6 Å². The van der Waals surface area contributed by atoms with Crippen molar-refractivity contribution in [3.63, 3.8) is 0 Å². The van der Waals surface area contributed by atoms with Crippen LogP contribution in [0.3, 0.4) is 0 Å². The van der Waals surface area contributed by atoms with Gasteiger partial charge in [0.2, 0.25) is 0 Å². The highest BCUT2D eigenvalue weighted by Gasteiger charge is 2.15. The van der Waals surface area contributed by atoms with Crippen LogP contribution in [0.25, 0.3) is 0 Å². The molecule has 0 bridgehead atoms. The molecule has 0 aliphatic rings. The highest BCUT2D eigenvalue weighted by molar-refractivity contribution is 7.92. The van der Waals surface area contributed by atoms with Crippen molar-refractivity contribution in [2.24, 2.45) is 0 Å². The van der Waals surface area contributed by atoms with Crippen LogP contribution in [0.5, 0.6) is 0 Å². The quantitative estimate of drug-likeness (QED) is 0.850. The molecule has 21 heavy (non-hydrogen) atoms. The van der Waals surface area contributed by atoms with Crippen molar-refractivity contribution in [2.75, 3.05) is 4.72 Å².